The van der Waals surface area contributed by atoms with Gasteiger partial charge in [-0.1, -0.05) is 29.8 Å². The van der Waals surface area contributed by atoms with E-state index in [1.165, 1.54) is 4.57 Å². The molecule has 1 saturated heterocycles. The Balaban J connectivity index is 1.39. The highest BCUT2D eigenvalue weighted by molar-refractivity contribution is 6.32. The number of aromatic nitrogens is 5. The van der Waals surface area contributed by atoms with Crippen molar-refractivity contribution < 1.29 is 0 Å². The topological polar surface area (TPSA) is 83.6 Å². The Morgan fingerprint density at radius 2 is 1.83 bits per heavy atom. The van der Waals surface area contributed by atoms with Gasteiger partial charge in [0, 0.05) is 56.1 Å². The van der Waals surface area contributed by atoms with Crippen LogP contribution < -0.4 is 15.8 Å². The number of rotatable bonds is 4. The van der Waals surface area contributed by atoms with Crippen molar-refractivity contribution in [1.29, 1.82) is 0 Å². The fourth-order valence-electron chi connectivity index (χ4n) is 4.43. The van der Waals surface area contributed by atoms with E-state index in [0.717, 1.165) is 37.6 Å². The maximum absolute atomic E-state index is 13.4. The van der Waals surface area contributed by atoms with Crippen molar-refractivity contribution >= 4 is 45.7 Å². The zero-order chi connectivity index (χ0) is 23.9. The molecule has 0 radical (unpaired) electrons. The zero-order valence-electron chi connectivity index (χ0n) is 19.1. The van der Waals surface area contributed by atoms with Crippen molar-refractivity contribution in [1.82, 2.24) is 28.8 Å². The molecule has 6 rings (SSSR count). The molecule has 0 atom stereocenters. The summed E-state index contributed by atoms with van der Waals surface area (Å²) < 4.78 is 3.26. The second-order valence-electron chi connectivity index (χ2n) is 8.59. The van der Waals surface area contributed by atoms with Crippen molar-refractivity contribution in [3.63, 3.8) is 0 Å². The molecular formula is C25H23ClN8O. The number of hydrogen-bond donors (Lipinski definition) is 1. The predicted octanol–water partition coefficient (Wildman–Crippen LogP) is 3.58. The molecule has 176 valence electrons. The van der Waals surface area contributed by atoms with Crippen molar-refractivity contribution in [3.8, 4) is 5.69 Å². The van der Waals surface area contributed by atoms with Gasteiger partial charge >= 0.3 is 0 Å². The second-order valence-corrected chi connectivity index (χ2v) is 8.99. The number of fused-ring (bicyclic) bond motifs is 3. The van der Waals surface area contributed by atoms with E-state index in [0.29, 0.717) is 33.5 Å². The molecule has 3 aromatic heterocycles. The highest BCUT2D eigenvalue weighted by atomic mass is 35.5. The Kier molecular flexibility index (Phi) is 5.35. The molecule has 1 aliphatic rings. The molecule has 0 unspecified atom stereocenters. The summed E-state index contributed by atoms with van der Waals surface area (Å²) in [4.78, 5) is 31.7. The largest absolute Gasteiger partial charge is 0.369 e. The third-order valence-corrected chi connectivity index (χ3v) is 6.64. The second kappa shape index (κ2) is 8.68. The van der Waals surface area contributed by atoms with Gasteiger partial charge in [0.15, 0.2) is 5.65 Å². The quantitative estimate of drug-likeness (QED) is 0.415. The summed E-state index contributed by atoms with van der Waals surface area (Å²) in [5.41, 5.74) is 2.78. The van der Waals surface area contributed by atoms with Gasteiger partial charge in [-0.15, -0.1) is 0 Å². The van der Waals surface area contributed by atoms with Crippen LogP contribution in [0.25, 0.3) is 22.5 Å². The third-order valence-electron chi connectivity index (χ3n) is 6.32. The molecule has 0 aliphatic carbocycles. The Bertz CT molecular complexity index is 1600. The number of nitrogens with one attached hydrogen (secondary N) is 1. The summed E-state index contributed by atoms with van der Waals surface area (Å²) >= 11 is 6.40. The van der Waals surface area contributed by atoms with Crippen LogP contribution in [0.1, 0.15) is 0 Å². The first-order valence-corrected chi connectivity index (χ1v) is 11.8. The molecule has 0 amide bonds. The number of likely N-dealkylation sites (N-methyl/N-ethyl adjacent to an activating group) is 1. The van der Waals surface area contributed by atoms with Crippen LogP contribution in [0.5, 0.6) is 0 Å². The first-order chi connectivity index (χ1) is 17.1. The van der Waals surface area contributed by atoms with Crippen LogP contribution in [0.15, 0.2) is 71.9 Å². The standard InChI is InChI=1S/C25H23ClN8O/c1-31-11-13-32(14-12-31)18-6-4-5-17(15-18)29-24-28-16-19-22(30-24)33-10-9-27-25(33)34(23(19)35)21-8-3-2-7-20(21)26/h2-10,15-16H,11-14H2,1H3,(H,28,29,30). The Labute approximate surface area is 206 Å². The number of imidazole rings is 1. The molecule has 35 heavy (non-hydrogen) atoms. The van der Waals surface area contributed by atoms with E-state index in [9.17, 15) is 4.79 Å². The first kappa shape index (κ1) is 21.6. The van der Waals surface area contributed by atoms with Crippen LogP contribution >= 0.6 is 11.6 Å². The third kappa shape index (κ3) is 3.88. The maximum atomic E-state index is 13.4. The summed E-state index contributed by atoms with van der Waals surface area (Å²) in [6.07, 6.45) is 4.95. The van der Waals surface area contributed by atoms with E-state index in [1.54, 1.807) is 35.1 Å². The van der Waals surface area contributed by atoms with E-state index < -0.39 is 0 Å². The lowest BCUT2D eigenvalue weighted by Crippen LogP contribution is -2.44. The molecule has 5 aromatic rings. The van der Waals surface area contributed by atoms with Crippen LogP contribution in [-0.2, 0) is 0 Å². The minimum absolute atomic E-state index is 0.282. The minimum atomic E-state index is -0.282. The average Bonchev–Trinajstić information content (AvgIpc) is 3.36. The lowest BCUT2D eigenvalue weighted by molar-refractivity contribution is 0.313. The number of benzene rings is 2. The Hall–Kier alpha value is -3.95. The van der Waals surface area contributed by atoms with Gasteiger partial charge in [0.05, 0.1) is 10.7 Å². The monoisotopic (exact) mass is 486 g/mol. The molecule has 10 heteroatoms. The SMILES string of the molecule is CN1CCN(c2cccc(Nc3ncc4c(=O)n(-c5ccccc5Cl)c5nccn5c4n3)c2)CC1. The highest BCUT2D eigenvalue weighted by Gasteiger charge is 2.18. The number of nitrogens with zero attached hydrogens (tertiary/aromatic N) is 7. The van der Waals surface area contributed by atoms with Crippen LogP contribution in [0, 0.1) is 0 Å². The van der Waals surface area contributed by atoms with Gasteiger partial charge in [-0.3, -0.25) is 9.20 Å². The minimum Gasteiger partial charge on any atom is -0.369 e. The van der Waals surface area contributed by atoms with Gasteiger partial charge in [0.2, 0.25) is 11.7 Å². The van der Waals surface area contributed by atoms with E-state index in [4.69, 9.17) is 11.6 Å². The number of halogens is 1. The van der Waals surface area contributed by atoms with Gasteiger partial charge in [-0.2, -0.15) is 4.98 Å². The lowest BCUT2D eigenvalue weighted by Gasteiger charge is -2.34. The Morgan fingerprint density at radius 1 is 1.00 bits per heavy atom. The number of piperazine rings is 1. The van der Waals surface area contributed by atoms with Crippen LogP contribution in [-0.4, -0.2) is 62.0 Å². The molecule has 4 heterocycles. The number of anilines is 3. The normalized spacial score (nSPS) is 14.6. The van der Waals surface area contributed by atoms with Crippen molar-refractivity contribution in [2.24, 2.45) is 0 Å². The molecule has 1 fully saturated rings. The van der Waals surface area contributed by atoms with Crippen LogP contribution in [0.3, 0.4) is 0 Å². The summed E-state index contributed by atoms with van der Waals surface area (Å²) in [7, 11) is 2.15. The van der Waals surface area contributed by atoms with E-state index in [1.807, 2.05) is 24.3 Å². The van der Waals surface area contributed by atoms with Gasteiger partial charge < -0.3 is 15.1 Å². The molecule has 9 nitrogen and oxygen atoms in total. The highest BCUT2D eigenvalue weighted by Crippen LogP contribution is 2.24. The lowest BCUT2D eigenvalue weighted by atomic mass is 10.2. The molecule has 1 aliphatic heterocycles. The van der Waals surface area contributed by atoms with E-state index in [-0.39, 0.29) is 5.56 Å². The fourth-order valence-corrected chi connectivity index (χ4v) is 4.65. The van der Waals surface area contributed by atoms with Crippen LogP contribution in [0.4, 0.5) is 17.3 Å². The molecule has 0 saturated carbocycles. The summed E-state index contributed by atoms with van der Waals surface area (Å²) in [6.45, 7) is 4.06. The number of para-hydroxylation sites is 1. The smallest absolute Gasteiger partial charge is 0.270 e. The van der Waals surface area contributed by atoms with Crippen LogP contribution in [0.2, 0.25) is 5.02 Å². The average molecular weight is 487 g/mol. The number of hydrogen-bond acceptors (Lipinski definition) is 7. The van der Waals surface area contributed by atoms with E-state index in [2.05, 4.69) is 49.2 Å². The predicted molar refractivity (Wildman–Crippen MR) is 138 cm³/mol. The van der Waals surface area contributed by atoms with Crippen molar-refractivity contribution in [2.45, 2.75) is 0 Å². The summed E-state index contributed by atoms with van der Waals surface area (Å²) in [5.74, 6) is 0.829. The van der Waals surface area contributed by atoms with Gasteiger partial charge in [0.25, 0.3) is 5.56 Å². The van der Waals surface area contributed by atoms with Crippen molar-refractivity contribution in [2.75, 3.05) is 43.4 Å². The molecular weight excluding hydrogens is 464 g/mol. The van der Waals surface area contributed by atoms with Crippen molar-refractivity contribution in [3.05, 3.63) is 82.5 Å². The molecule has 0 spiro atoms. The van der Waals surface area contributed by atoms with Gasteiger partial charge in [-0.25, -0.2) is 14.5 Å². The summed E-state index contributed by atoms with van der Waals surface area (Å²) in [6, 6.07) is 15.4. The van der Waals surface area contributed by atoms with E-state index >= 15 is 0 Å². The molecule has 0 bridgehead atoms. The molecule has 2 aromatic carbocycles. The maximum Gasteiger partial charge on any atom is 0.270 e. The zero-order valence-corrected chi connectivity index (χ0v) is 19.9. The molecule has 1 N–H and O–H groups in total. The van der Waals surface area contributed by atoms with Gasteiger partial charge in [-0.05, 0) is 37.4 Å². The summed E-state index contributed by atoms with van der Waals surface area (Å²) in [5, 5.41) is 4.12. The first-order valence-electron chi connectivity index (χ1n) is 11.4. The Morgan fingerprint density at radius 3 is 2.66 bits per heavy atom. The van der Waals surface area contributed by atoms with Gasteiger partial charge in [0.1, 0.15) is 5.39 Å². The fraction of sp³-hybridized carbons (Fsp3) is 0.200.